The molecule has 166 valence electrons. The number of morpholine rings is 1. The van der Waals surface area contributed by atoms with E-state index >= 15 is 0 Å². The molecule has 8 heteroatoms. The molecular weight excluding hydrogens is 404 g/mol. The van der Waals surface area contributed by atoms with E-state index in [1.807, 2.05) is 24.0 Å². The lowest BCUT2D eigenvalue weighted by Gasteiger charge is -2.46. The highest BCUT2D eigenvalue weighted by Crippen LogP contribution is 2.40. The van der Waals surface area contributed by atoms with Crippen molar-refractivity contribution in [3.05, 3.63) is 29.8 Å². The Hall–Kier alpha value is -1.48. The zero-order valence-corrected chi connectivity index (χ0v) is 18.5. The zero-order valence-electron chi connectivity index (χ0n) is 17.7. The average molecular weight is 437 g/mol. The van der Waals surface area contributed by atoms with Crippen LogP contribution in [0.2, 0.25) is 0 Å². The summed E-state index contributed by atoms with van der Waals surface area (Å²) >= 11 is 0. The van der Waals surface area contributed by atoms with Crippen LogP contribution in [0.1, 0.15) is 37.7 Å². The fourth-order valence-electron chi connectivity index (χ4n) is 4.96. The van der Waals surface area contributed by atoms with E-state index in [4.69, 9.17) is 9.47 Å². The molecule has 1 atom stereocenters. The highest BCUT2D eigenvalue weighted by Gasteiger charge is 2.43. The Bertz CT molecular complexity index is 858. The van der Waals surface area contributed by atoms with E-state index < -0.39 is 10.0 Å². The minimum Gasteiger partial charge on any atom is -0.378 e. The predicted octanol–water partition coefficient (Wildman–Crippen LogP) is 2.19. The van der Waals surface area contributed by atoms with Gasteiger partial charge in [-0.15, -0.1) is 0 Å². The maximum absolute atomic E-state index is 13.1. The van der Waals surface area contributed by atoms with E-state index in [0.29, 0.717) is 76.1 Å². The van der Waals surface area contributed by atoms with Crippen LogP contribution in [0.25, 0.3) is 0 Å². The van der Waals surface area contributed by atoms with Crippen molar-refractivity contribution >= 4 is 15.9 Å². The van der Waals surface area contributed by atoms with E-state index in [0.717, 1.165) is 18.4 Å². The summed E-state index contributed by atoms with van der Waals surface area (Å²) in [6.45, 7) is 5.99. The van der Waals surface area contributed by atoms with Gasteiger partial charge in [0.05, 0.1) is 23.7 Å². The average Bonchev–Trinajstić information content (AvgIpc) is 2.75. The summed E-state index contributed by atoms with van der Waals surface area (Å²) in [6.07, 6.45) is 3.64. The van der Waals surface area contributed by atoms with Gasteiger partial charge in [-0.05, 0) is 50.2 Å². The van der Waals surface area contributed by atoms with Gasteiger partial charge in [-0.3, -0.25) is 4.79 Å². The lowest BCUT2D eigenvalue weighted by atomic mass is 9.78. The molecule has 3 aliphatic rings. The summed E-state index contributed by atoms with van der Waals surface area (Å²) in [5, 5.41) is 0. The number of piperidine rings is 1. The number of rotatable bonds is 4. The maximum atomic E-state index is 13.1. The van der Waals surface area contributed by atoms with Crippen LogP contribution in [0.5, 0.6) is 0 Å². The van der Waals surface area contributed by atoms with Crippen LogP contribution in [-0.2, 0) is 24.3 Å². The van der Waals surface area contributed by atoms with Crippen molar-refractivity contribution in [2.75, 3.05) is 46.0 Å². The number of amides is 1. The van der Waals surface area contributed by atoms with E-state index in [9.17, 15) is 13.2 Å². The lowest BCUT2D eigenvalue weighted by Crippen LogP contribution is -2.51. The molecule has 0 aromatic heterocycles. The molecule has 0 radical (unpaired) electrons. The Balaban J connectivity index is 1.36. The fraction of sp³-hybridized carbons (Fsp3) is 0.682. The predicted molar refractivity (Wildman–Crippen MR) is 113 cm³/mol. The lowest BCUT2D eigenvalue weighted by molar-refractivity contribution is -0.143. The Morgan fingerprint density at radius 3 is 2.50 bits per heavy atom. The van der Waals surface area contributed by atoms with Crippen LogP contribution in [0.4, 0.5) is 0 Å². The molecule has 30 heavy (non-hydrogen) atoms. The number of benzene rings is 1. The van der Waals surface area contributed by atoms with Crippen molar-refractivity contribution < 1.29 is 22.7 Å². The molecule has 0 bridgehead atoms. The zero-order chi connectivity index (χ0) is 21.2. The minimum absolute atomic E-state index is 0.208. The van der Waals surface area contributed by atoms with Gasteiger partial charge in [-0.2, -0.15) is 4.31 Å². The maximum Gasteiger partial charge on any atom is 0.243 e. The normalized spacial score (nSPS) is 25.4. The molecule has 1 unspecified atom stereocenters. The number of carbonyl (C=O) groups excluding carboxylic acids is 1. The fourth-order valence-corrected chi connectivity index (χ4v) is 6.63. The number of sulfonamides is 1. The second-order valence-corrected chi connectivity index (χ2v) is 10.7. The van der Waals surface area contributed by atoms with Gasteiger partial charge in [0.25, 0.3) is 0 Å². The first-order valence-corrected chi connectivity index (χ1v) is 12.4. The van der Waals surface area contributed by atoms with Crippen LogP contribution in [0.15, 0.2) is 29.2 Å². The number of nitrogens with zero attached hydrogens (tertiary/aromatic N) is 2. The van der Waals surface area contributed by atoms with Gasteiger partial charge in [0.1, 0.15) is 0 Å². The summed E-state index contributed by atoms with van der Waals surface area (Å²) in [4.78, 5) is 14.9. The summed E-state index contributed by atoms with van der Waals surface area (Å²) in [6, 6.07) is 7.14. The number of ether oxygens (including phenoxy) is 2. The Morgan fingerprint density at radius 1 is 1.10 bits per heavy atom. The molecule has 3 saturated heterocycles. The standard InChI is InChI=1S/C22H32N2O5S/c1-18-4-2-3-5-20(18)30(26,27)24-9-7-22(8-10-24)17-19(6-13-29-22)16-21(25)23-11-14-28-15-12-23/h2-5,19H,6-17H2,1H3. The molecule has 3 fully saturated rings. The van der Waals surface area contributed by atoms with Crippen LogP contribution in [0.3, 0.4) is 0 Å². The summed E-state index contributed by atoms with van der Waals surface area (Å²) in [5.74, 6) is 0.508. The van der Waals surface area contributed by atoms with Gasteiger partial charge >= 0.3 is 0 Å². The topological polar surface area (TPSA) is 76.2 Å². The second kappa shape index (κ2) is 8.94. The van der Waals surface area contributed by atoms with Crippen molar-refractivity contribution in [2.45, 2.75) is 49.5 Å². The van der Waals surface area contributed by atoms with Crippen molar-refractivity contribution in [1.82, 2.24) is 9.21 Å². The molecule has 3 heterocycles. The van der Waals surface area contributed by atoms with E-state index in [1.54, 1.807) is 16.4 Å². The third-order valence-corrected chi connectivity index (χ3v) is 8.83. The number of hydrogen-bond donors (Lipinski definition) is 0. The number of carbonyl (C=O) groups is 1. The van der Waals surface area contributed by atoms with Gasteiger partial charge in [-0.25, -0.2) is 8.42 Å². The van der Waals surface area contributed by atoms with Crippen LogP contribution < -0.4 is 0 Å². The minimum atomic E-state index is -3.49. The molecule has 0 aliphatic carbocycles. The molecule has 1 aromatic rings. The van der Waals surface area contributed by atoms with Gasteiger partial charge in [-0.1, -0.05) is 18.2 Å². The van der Waals surface area contributed by atoms with Crippen molar-refractivity contribution in [3.63, 3.8) is 0 Å². The highest BCUT2D eigenvalue weighted by atomic mass is 32.2. The number of hydrogen-bond acceptors (Lipinski definition) is 5. The Morgan fingerprint density at radius 2 is 1.80 bits per heavy atom. The molecule has 1 aromatic carbocycles. The van der Waals surface area contributed by atoms with Crippen molar-refractivity contribution in [3.8, 4) is 0 Å². The molecule has 3 aliphatic heterocycles. The van der Waals surface area contributed by atoms with Gasteiger partial charge in [0.2, 0.25) is 15.9 Å². The smallest absolute Gasteiger partial charge is 0.243 e. The summed E-state index contributed by atoms with van der Waals surface area (Å²) in [7, 11) is -3.49. The van der Waals surface area contributed by atoms with E-state index in [1.165, 1.54) is 0 Å². The van der Waals surface area contributed by atoms with Crippen LogP contribution >= 0.6 is 0 Å². The highest BCUT2D eigenvalue weighted by molar-refractivity contribution is 7.89. The molecule has 4 rings (SSSR count). The Kier molecular flexibility index (Phi) is 6.48. The molecule has 1 amide bonds. The first-order valence-electron chi connectivity index (χ1n) is 10.9. The van der Waals surface area contributed by atoms with Gasteiger partial charge in [0, 0.05) is 39.2 Å². The Labute approximate surface area is 179 Å². The largest absolute Gasteiger partial charge is 0.378 e. The second-order valence-electron chi connectivity index (χ2n) is 8.76. The van der Waals surface area contributed by atoms with Crippen molar-refractivity contribution in [1.29, 1.82) is 0 Å². The molecule has 1 spiro atoms. The molecule has 0 N–H and O–H groups in total. The van der Waals surface area contributed by atoms with Gasteiger partial charge < -0.3 is 14.4 Å². The van der Waals surface area contributed by atoms with Crippen molar-refractivity contribution in [2.24, 2.45) is 5.92 Å². The van der Waals surface area contributed by atoms with E-state index in [-0.39, 0.29) is 11.5 Å². The monoisotopic (exact) mass is 436 g/mol. The third-order valence-electron chi connectivity index (χ3n) is 6.77. The molecule has 0 saturated carbocycles. The van der Waals surface area contributed by atoms with E-state index in [2.05, 4.69) is 0 Å². The first kappa shape index (κ1) is 21.7. The van der Waals surface area contributed by atoms with Gasteiger partial charge in [0.15, 0.2) is 0 Å². The number of aryl methyl sites for hydroxylation is 1. The third kappa shape index (κ3) is 4.56. The quantitative estimate of drug-likeness (QED) is 0.723. The molecule has 7 nitrogen and oxygen atoms in total. The van der Waals surface area contributed by atoms with Crippen LogP contribution in [0, 0.1) is 12.8 Å². The molecular formula is C22H32N2O5S. The summed E-state index contributed by atoms with van der Waals surface area (Å²) in [5.41, 5.74) is 0.472. The summed E-state index contributed by atoms with van der Waals surface area (Å²) < 4.78 is 39.3. The van der Waals surface area contributed by atoms with Crippen LogP contribution in [-0.4, -0.2) is 75.1 Å². The first-order chi connectivity index (χ1) is 14.4. The SMILES string of the molecule is Cc1ccccc1S(=O)(=O)N1CCC2(CC1)CC(CC(=O)N1CCOCC1)CCO2.